The number of imide groups is 1. The van der Waals surface area contributed by atoms with Crippen molar-refractivity contribution < 1.29 is 14.7 Å². The average molecular weight is 367 g/mol. The monoisotopic (exact) mass is 366 g/mol. The SMILES string of the molecule is CC1=C(c2cccc(Cl)c2)SC2C1C(=O)N(CCCO)C(=O)N2C. The molecule has 2 aliphatic heterocycles. The number of halogens is 1. The summed E-state index contributed by atoms with van der Waals surface area (Å²) in [5.74, 6) is -0.538. The minimum Gasteiger partial charge on any atom is -0.396 e. The molecule has 3 rings (SSSR count). The number of carbonyl (C=O) groups excluding carboxylic acids is 2. The first-order chi connectivity index (χ1) is 11.5. The van der Waals surface area contributed by atoms with E-state index >= 15 is 0 Å². The van der Waals surface area contributed by atoms with E-state index in [1.807, 2.05) is 31.2 Å². The van der Waals surface area contributed by atoms with Crippen molar-refractivity contribution in [3.63, 3.8) is 0 Å². The van der Waals surface area contributed by atoms with Crippen molar-refractivity contribution >= 4 is 40.2 Å². The quantitative estimate of drug-likeness (QED) is 0.889. The highest BCUT2D eigenvalue weighted by Crippen LogP contribution is 2.50. The molecule has 2 aliphatic rings. The number of thioether (sulfide) groups is 1. The number of fused-ring (bicyclic) bond motifs is 1. The van der Waals surface area contributed by atoms with Crippen molar-refractivity contribution in [3.05, 3.63) is 40.4 Å². The molecule has 7 heteroatoms. The molecule has 1 aromatic rings. The van der Waals surface area contributed by atoms with Gasteiger partial charge in [-0.2, -0.15) is 0 Å². The summed E-state index contributed by atoms with van der Waals surface area (Å²) in [4.78, 5) is 29.2. The third kappa shape index (κ3) is 2.83. The van der Waals surface area contributed by atoms with E-state index in [-0.39, 0.29) is 36.4 Å². The molecule has 5 nitrogen and oxygen atoms in total. The van der Waals surface area contributed by atoms with Gasteiger partial charge in [-0.05, 0) is 36.6 Å². The van der Waals surface area contributed by atoms with Gasteiger partial charge in [-0.15, -0.1) is 0 Å². The van der Waals surface area contributed by atoms with Gasteiger partial charge >= 0.3 is 6.03 Å². The molecule has 2 unspecified atom stereocenters. The topological polar surface area (TPSA) is 60.9 Å². The van der Waals surface area contributed by atoms with Gasteiger partial charge in [-0.1, -0.05) is 35.5 Å². The molecule has 3 amide bonds. The third-order valence-electron chi connectivity index (χ3n) is 4.42. The fourth-order valence-electron chi connectivity index (χ4n) is 3.17. The predicted molar refractivity (Wildman–Crippen MR) is 95.5 cm³/mol. The molecule has 0 bridgehead atoms. The van der Waals surface area contributed by atoms with E-state index in [9.17, 15) is 9.59 Å². The van der Waals surface area contributed by atoms with Gasteiger partial charge in [0.1, 0.15) is 0 Å². The van der Waals surface area contributed by atoms with Crippen molar-refractivity contribution in [2.75, 3.05) is 20.2 Å². The zero-order valence-corrected chi connectivity index (χ0v) is 15.1. The lowest BCUT2D eigenvalue weighted by Crippen LogP contribution is -2.58. The molecule has 0 spiro atoms. The Morgan fingerprint density at radius 1 is 1.33 bits per heavy atom. The van der Waals surface area contributed by atoms with Gasteiger partial charge in [-0.3, -0.25) is 9.69 Å². The van der Waals surface area contributed by atoms with Crippen molar-refractivity contribution in [1.29, 1.82) is 0 Å². The van der Waals surface area contributed by atoms with E-state index in [4.69, 9.17) is 16.7 Å². The maximum absolute atomic E-state index is 12.8. The molecule has 0 aromatic heterocycles. The van der Waals surface area contributed by atoms with Crippen molar-refractivity contribution in [1.82, 2.24) is 9.80 Å². The van der Waals surface area contributed by atoms with Crippen LogP contribution < -0.4 is 0 Å². The molecular formula is C17H19ClN2O3S. The number of carbonyl (C=O) groups is 2. The van der Waals surface area contributed by atoms with Crippen LogP contribution in [-0.4, -0.2) is 52.4 Å². The first-order valence-corrected chi connectivity index (χ1v) is 9.04. The summed E-state index contributed by atoms with van der Waals surface area (Å²) in [5, 5.41) is 9.41. The highest BCUT2D eigenvalue weighted by atomic mass is 35.5. The fraction of sp³-hybridized carbons (Fsp3) is 0.412. The first kappa shape index (κ1) is 17.3. The average Bonchev–Trinajstić information content (AvgIpc) is 2.90. The molecule has 0 aliphatic carbocycles. The summed E-state index contributed by atoms with van der Waals surface area (Å²) in [6, 6.07) is 7.23. The lowest BCUT2D eigenvalue weighted by molar-refractivity contribution is -0.135. The normalized spacial score (nSPS) is 24.0. The van der Waals surface area contributed by atoms with Crippen molar-refractivity contribution in [2.45, 2.75) is 18.7 Å². The standard InChI is InChI=1S/C17H19ClN2O3S/c1-10-13-15(22)20(7-4-8-21)17(23)19(2)16(13)24-14(10)11-5-3-6-12(18)9-11/h3,5-6,9,13,16,21H,4,7-8H2,1-2H3. The minimum absolute atomic E-state index is 0.0494. The molecule has 24 heavy (non-hydrogen) atoms. The number of nitrogens with zero attached hydrogens (tertiary/aromatic N) is 2. The molecule has 1 saturated heterocycles. The second-order valence-corrected chi connectivity index (χ2v) is 7.53. The number of hydrogen-bond donors (Lipinski definition) is 1. The molecule has 1 fully saturated rings. The van der Waals surface area contributed by atoms with Gasteiger partial charge in [0.2, 0.25) is 5.91 Å². The van der Waals surface area contributed by atoms with E-state index in [0.717, 1.165) is 16.0 Å². The van der Waals surface area contributed by atoms with Crippen LogP contribution in [0.15, 0.2) is 29.8 Å². The Labute approximate surface area is 150 Å². The van der Waals surface area contributed by atoms with Gasteiger partial charge in [0.05, 0.1) is 11.3 Å². The smallest absolute Gasteiger partial charge is 0.327 e. The van der Waals surface area contributed by atoms with Crippen LogP contribution in [0.3, 0.4) is 0 Å². The van der Waals surface area contributed by atoms with Crippen LogP contribution in [0.2, 0.25) is 5.02 Å². The molecule has 2 atom stereocenters. The second kappa shape index (κ2) is 6.78. The van der Waals surface area contributed by atoms with Crippen LogP contribution in [-0.2, 0) is 4.79 Å². The molecule has 1 N–H and O–H groups in total. The Kier molecular flexibility index (Phi) is 4.90. The fourth-order valence-corrected chi connectivity index (χ4v) is 4.88. The summed E-state index contributed by atoms with van der Waals surface area (Å²) in [6.07, 6.45) is 0.389. The highest BCUT2D eigenvalue weighted by molar-refractivity contribution is 8.09. The lowest BCUT2D eigenvalue weighted by Gasteiger charge is -2.40. The number of aliphatic hydroxyl groups excluding tert-OH is 1. The largest absolute Gasteiger partial charge is 0.396 e. The Morgan fingerprint density at radius 3 is 2.75 bits per heavy atom. The minimum atomic E-state index is -0.356. The zero-order valence-electron chi connectivity index (χ0n) is 13.5. The van der Waals surface area contributed by atoms with E-state index in [0.29, 0.717) is 11.4 Å². The van der Waals surface area contributed by atoms with Crippen LogP contribution in [0.25, 0.3) is 4.91 Å². The zero-order chi connectivity index (χ0) is 17.4. The Hall–Kier alpha value is -1.50. The summed E-state index contributed by atoms with van der Waals surface area (Å²) >= 11 is 7.62. The number of urea groups is 1. The van der Waals surface area contributed by atoms with Crippen LogP contribution in [0.1, 0.15) is 18.9 Å². The Balaban J connectivity index is 1.96. The molecule has 2 heterocycles. The van der Waals surface area contributed by atoms with Crippen LogP contribution in [0.4, 0.5) is 4.79 Å². The molecule has 0 radical (unpaired) electrons. The summed E-state index contributed by atoms with van der Waals surface area (Å²) in [6.45, 7) is 2.14. The number of benzene rings is 1. The first-order valence-electron chi connectivity index (χ1n) is 7.78. The predicted octanol–water partition coefficient (Wildman–Crippen LogP) is 3.04. The van der Waals surface area contributed by atoms with Crippen molar-refractivity contribution in [3.8, 4) is 0 Å². The molecular weight excluding hydrogens is 348 g/mol. The number of aliphatic hydroxyl groups is 1. The maximum atomic E-state index is 12.8. The van der Waals surface area contributed by atoms with Gasteiger partial charge in [0.15, 0.2) is 0 Å². The van der Waals surface area contributed by atoms with Crippen LogP contribution >= 0.6 is 23.4 Å². The lowest BCUT2D eigenvalue weighted by atomic mass is 9.94. The maximum Gasteiger partial charge on any atom is 0.327 e. The summed E-state index contributed by atoms with van der Waals surface area (Å²) in [5.41, 5.74) is 1.93. The number of hydrogen-bond acceptors (Lipinski definition) is 4. The Bertz CT molecular complexity index is 722. The van der Waals surface area contributed by atoms with Gasteiger partial charge in [-0.25, -0.2) is 4.79 Å². The number of amides is 3. The Morgan fingerprint density at radius 2 is 2.08 bits per heavy atom. The second-order valence-electron chi connectivity index (χ2n) is 5.97. The van der Waals surface area contributed by atoms with Crippen LogP contribution in [0.5, 0.6) is 0 Å². The van der Waals surface area contributed by atoms with E-state index in [1.54, 1.807) is 11.9 Å². The van der Waals surface area contributed by atoms with E-state index < -0.39 is 0 Å². The van der Waals surface area contributed by atoms with Gasteiger partial charge < -0.3 is 10.0 Å². The summed E-state index contributed by atoms with van der Waals surface area (Å²) in [7, 11) is 1.72. The van der Waals surface area contributed by atoms with E-state index in [2.05, 4.69) is 0 Å². The molecule has 0 saturated carbocycles. The number of rotatable bonds is 4. The van der Waals surface area contributed by atoms with E-state index in [1.165, 1.54) is 16.7 Å². The van der Waals surface area contributed by atoms with Gasteiger partial charge in [0.25, 0.3) is 0 Å². The van der Waals surface area contributed by atoms with Gasteiger partial charge in [0, 0.05) is 30.1 Å². The third-order valence-corrected chi connectivity index (χ3v) is 6.28. The highest BCUT2D eigenvalue weighted by Gasteiger charge is 2.50. The molecule has 1 aromatic carbocycles. The van der Waals surface area contributed by atoms with Crippen LogP contribution in [0, 0.1) is 5.92 Å². The van der Waals surface area contributed by atoms with Crippen molar-refractivity contribution in [2.24, 2.45) is 5.92 Å². The molecule has 128 valence electrons. The summed E-state index contributed by atoms with van der Waals surface area (Å²) < 4.78 is 0.